The zero-order chi connectivity index (χ0) is 16.7. The van der Waals surface area contributed by atoms with Gasteiger partial charge in [-0.25, -0.2) is 4.79 Å². The minimum atomic E-state index is -0.557. The van der Waals surface area contributed by atoms with Gasteiger partial charge in [0.1, 0.15) is 17.1 Å². The summed E-state index contributed by atoms with van der Waals surface area (Å²) in [5, 5.41) is 0. The molecule has 1 fully saturated rings. The molecule has 0 radical (unpaired) electrons. The van der Waals surface area contributed by atoms with Crippen LogP contribution in [0.25, 0.3) is 6.08 Å². The Labute approximate surface area is 138 Å². The molecule has 0 aromatic carbocycles. The number of H-pyrrole nitrogens is 1. The molecule has 6 heteroatoms. The van der Waals surface area contributed by atoms with Crippen molar-refractivity contribution < 1.29 is 19.1 Å². The molecular formula is C16H20BrNO4. The average Bonchev–Trinajstić information content (AvgIpc) is 2.79. The van der Waals surface area contributed by atoms with Crippen molar-refractivity contribution in [2.75, 3.05) is 0 Å². The molecular weight excluding hydrogens is 350 g/mol. The molecule has 0 bridgehead atoms. The minimum absolute atomic E-state index is 0.242. The van der Waals surface area contributed by atoms with E-state index < -0.39 is 17.0 Å². The molecule has 22 heavy (non-hydrogen) atoms. The van der Waals surface area contributed by atoms with Gasteiger partial charge in [-0.05, 0) is 56.6 Å². The Kier molecular flexibility index (Phi) is 4.26. The first-order chi connectivity index (χ1) is 9.98. The van der Waals surface area contributed by atoms with Crippen LogP contribution in [0.5, 0.6) is 0 Å². The summed E-state index contributed by atoms with van der Waals surface area (Å²) in [6.45, 7) is 9.11. The summed E-state index contributed by atoms with van der Waals surface area (Å²) >= 11 is 3.39. The number of aromatic nitrogens is 1. The lowest BCUT2D eigenvalue weighted by Crippen LogP contribution is -2.24. The standard InChI is InChI=1S/C16H20BrNO4/c1-15(2,3)22-13(19)12-7-10(17)11(18-12)6-9-8-16(4,5)14(20)21-9/h6-7,18H,8H2,1-5H3/b9-6+. The minimum Gasteiger partial charge on any atom is -0.455 e. The van der Waals surface area contributed by atoms with E-state index in [1.54, 1.807) is 12.1 Å². The second kappa shape index (κ2) is 5.57. The second-order valence-electron chi connectivity index (χ2n) is 7.01. The fraction of sp³-hybridized carbons (Fsp3) is 0.500. The van der Waals surface area contributed by atoms with Crippen molar-refractivity contribution in [3.63, 3.8) is 0 Å². The summed E-state index contributed by atoms with van der Waals surface area (Å²) in [5.74, 6) is -0.0938. The summed E-state index contributed by atoms with van der Waals surface area (Å²) < 4.78 is 11.3. The van der Waals surface area contributed by atoms with Gasteiger partial charge >= 0.3 is 11.9 Å². The molecule has 1 N–H and O–H groups in total. The van der Waals surface area contributed by atoms with Gasteiger partial charge in [-0.1, -0.05) is 0 Å². The molecule has 1 aliphatic rings. The van der Waals surface area contributed by atoms with Crippen LogP contribution < -0.4 is 0 Å². The molecule has 2 rings (SSSR count). The molecule has 0 amide bonds. The third-order valence-electron chi connectivity index (χ3n) is 3.11. The summed E-state index contributed by atoms with van der Waals surface area (Å²) in [6, 6.07) is 1.66. The molecule has 120 valence electrons. The highest BCUT2D eigenvalue weighted by Gasteiger charge is 2.38. The second-order valence-corrected chi connectivity index (χ2v) is 7.86. The van der Waals surface area contributed by atoms with Crippen LogP contribution in [0, 0.1) is 5.41 Å². The van der Waals surface area contributed by atoms with Crippen molar-refractivity contribution in [2.45, 2.75) is 46.6 Å². The van der Waals surface area contributed by atoms with E-state index in [4.69, 9.17) is 9.47 Å². The predicted molar refractivity (Wildman–Crippen MR) is 86.1 cm³/mol. The van der Waals surface area contributed by atoms with Gasteiger partial charge in [0.05, 0.1) is 11.1 Å². The van der Waals surface area contributed by atoms with Gasteiger partial charge in [0.15, 0.2) is 0 Å². The molecule has 1 saturated heterocycles. The van der Waals surface area contributed by atoms with Crippen LogP contribution in [-0.4, -0.2) is 22.5 Å². The molecule has 1 aliphatic heterocycles. The van der Waals surface area contributed by atoms with Crippen LogP contribution in [0.3, 0.4) is 0 Å². The maximum atomic E-state index is 12.0. The Bertz CT molecular complexity index is 650. The van der Waals surface area contributed by atoms with Crippen LogP contribution in [-0.2, 0) is 14.3 Å². The fourth-order valence-electron chi connectivity index (χ4n) is 2.04. The normalized spacial score (nSPS) is 19.4. The van der Waals surface area contributed by atoms with Crippen LogP contribution in [0.15, 0.2) is 16.3 Å². The summed E-state index contributed by atoms with van der Waals surface area (Å²) in [6.07, 6.45) is 2.25. The van der Waals surface area contributed by atoms with Crippen LogP contribution in [0.2, 0.25) is 0 Å². The Morgan fingerprint density at radius 3 is 2.59 bits per heavy atom. The molecule has 5 nitrogen and oxygen atoms in total. The topological polar surface area (TPSA) is 68.4 Å². The highest BCUT2D eigenvalue weighted by Crippen LogP contribution is 2.36. The van der Waals surface area contributed by atoms with Gasteiger partial charge in [0.2, 0.25) is 0 Å². The van der Waals surface area contributed by atoms with E-state index in [0.29, 0.717) is 28.0 Å². The fourth-order valence-corrected chi connectivity index (χ4v) is 2.48. The highest BCUT2D eigenvalue weighted by molar-refractivity contribution is 9.10. The van der Waals surface area contributed by atoms with Crippen molar-refractivity contribution in [2.24, 2.45) is 5.41 Å². The first-order valence-corrected chi connectivity index (χ1v) is 7.82. The van der Waals surface area contributed by atoms with Crippen molar-refractivity contribution in [1.29, 1.82) is 0 Å². The smallest absolute Gasteiger partial charge is 0.355 e. The molecule has 1 aromatic heterocycles. The zero-order valence-corrected chi connectivity index (χ0v) is 15.0. The average molecular weight is 370 g/mol. The molecule has 0 atom stereocenters. The number of rotatable bonds is 2. The van der Waals surface area contributed by atoms with E-state index in [1.165, 1.54) is 0 Å². The number of esters is 2. The first kappa shape index (κ1) is 16.8. The maximum Gasteiger partial charge on any atom is 0.355 e. The lowest BCUT2D eigenvalue weighted by molar-refractivity contribution is -0.142. The summed E-state index contributed by atoms with van der Waals surface area (Å²) in [7, 11) is 0. The summed E-state index contributed by atoms with van der Waals surface area (Å²) in [4.78, 5) is 26.7. The Balaban J connectivity index is 2.21. The number of allylic oxidation sites excluding steroid dienone is 1. The van der Waals surface area contributed by atoms with Gasteiger partial charge in [0, 0.05) is 17.0 Å². The predicted octanol–water partition coefficient (Wildman–Crippen LogP) is 4.05. The third kappa shape index (κ3) is 3.80. The zero-order valence-electron chi connectivity index (χ0n) is 13.4. The van der Waals surface area contributed by atoms with E-state index >= 15 is 0 Å². The SMILES string of the molecule is CC(C)(C)OC(=O)c1cc(Br)c(/C=C2\CC(C)(C)C(=O)O2)[nH]1. The summed E-state index contributed by atoms with van der Waals surface area (Å²) in [5.41, 5.74) is -0.0596. The number of nitrogens with one attached hydrogen (secondary N) is 1. The van der Waals surface area contributed by atoms with E-state index in [-0.39, 0.29) is 5.97 Å². The quantitative estimate of drug-likeness (QED) is 0.798. The van der Waals surface area contributed by atoms with Gasteiger partial charge < -0.3 is 14.5 Å². The number of hydrogen-bond donors (Lipinski definition) is 1. The molecule has 0 unspecified atom stereocenters. The largest absolute Gasteiger partial charge is 0.455 e. The number of aromatic amines is 1. The molecule has 0 aliphatic carbocycles. The lowest BCUT2D eigenvalue weighted by atomic mass is 9.91. The number of cyclic esters (lactones) is 1. The van der Waals surface area contributed by atoms with Crippen LogP contribution in [0.1, 0.15) is 57.2 Å². The van der Waals surface area contributed by atoms with Crippen molar-refractivity contribution >= 4 is 33.9 Å². The highest BCUT2D eigenvalue weighted by atomic mass is 79.9. The van der Waals surface area contributed by atoms with E-state index in [2.05, 4.69) is 20.9 Å². The Morgan fingerprint density at radius 1 is 1.45 bits per heavy atom. The Morgan fingerprint density at radius 2 is 2.09 bits per heavy atom. The van der Waals surface area contributed by atoms with Crippen LogP contribution in [0.4, 0.5) is 0 Å². The maximum absolute atomic E-state index is 12.0. The van der Waals surface area contributed by atoms with E-state index in [1.807, 2.05) is 34.6 Å². The number of ether oxygens (including phenoxy) is 2. The van der Waals surface area contributed by atoms with Gasteiger partial charge in [-0.15, -0.1) is 0 Å². The van der Waals surface area contributed by atoms with Gasteiger partial charge in [-0.3, -0.25) is 4.79 Å². The number of carbonyl (C=O) groups is 2. The van der Waals surface area contributed by atoms with Crippen LogP contribution >= 0.6 is 15.9 Å². The van der Waals surface area contributed by atoms with Crippen molar-refractivity contribution in [3.8, 4) is 0 Å². The lowest BCUT2D eigenvalue weighted by Gasteiger charge is -2.18. The van der Waals surface area contributed by atoms with E-state index in [9.17, 15) is 9.59 Å². The molecule has 2 heterocycles. The Hall–Kier alpha value is -1.56. The monoisotopic (exact) mass is 369 g/mol. The van der Waals surface area contributed by atoms with Crippen molar-refractivity contribution in [1.82, 2.24) is 4.98 Å². The van der Waals surface area contributed by atoms with E-state index in [0.717, 1.165) is 0 Å². The molecule has 1 aromatic rings. The van der Waals surface area contributed by atoms with Gasteiger partial charge in [-0.2, -0.15) is 0 Å². The number of carbonyl (C=O) groups excluding carboxylic acids is 2. The third-order valence-corrected chi connectivity index (χ3v) is 3.77. The number of halogens is 1. The molecule has 0 spiro atoms. The first-order valence-electron chi connectivity index (χ1n) is 7.03. The number of hydrogen-bond acceptors (Lipinski definition) is 4. The van der Waals surface area contributed by atoms with Gasteiger partial charge in [0.25, 0.3) is 0 Å². The molecule has 0 saturated carbocycles. The van der Waals surface area contributed by atoms with Crippen molar-refractivity contribution in [3.05, 3.63) is 27.7 Å².